The van der Waals surface area contributed by atoms with Crippen LogP contribution in [0.15, 0.2) is 24.3 Å². The normalized spacial score (nSPS) is 16.2. The third-order valence-electron chi connectivity index (χ3n) is 5.88. The molecule has 1 aromatic carbocycles. The summed E-state index contributed by atoms with van der Waals surface area (Å²) >= 11 is 0. The van der Waals surface area contributed by atoms with Gasteiger partial charge in [-0.25, -0.2) is 9.97 Å². The number of rotatable bonds is 6. The fraction of sp³-hybridized carbons (Fsp3) is 0.520. The van der Waals surface area contributed by atoms with Crippen LogP contribution in [-0.2, 0) is 22.6 Å². The van der Waals surface area contributed by atoms with Crippen LogP contribution < -0.4 is 10.1 Å². The lowest BCUT2D eigenvalue weighted by molar-refractivity contribution is -0.138. The molecule has 0 aliphatic carbocycles. The molecule has 1 aromatic heterocycles. The fourth-order valence-corrected chi connectivity index (χ4v) is 4.04. The van der Waals surface area contributed by atoms with Crippen molar-refractivity contribution in [1.29, 1.82) is 0 Å². The van der Waals surface area contributed by atoms with Crippen LogP contribution in [0.25, 0.3) is 0 Å². The van der Waals surface area contributed by atoms with Gasteiger partial charge in [0, 0.05) is 47.9 Å². The summed E-state index contributed by atoms with van der Waals surface area (Å²) in [6.07, 6.45) is 1.10. The minimum atomic E-state index is -0.385. The highest BCUT2D eigenvalue weighted by Gasteiger charge is 2.34. The van der Waals surface area contributed by atoms with E-state index in [-0.39, 0.29) is 29.6 Å². The molecule has 2 heterocycles. The van der Waals surface area contributed by atoms with Gasteiger partial charge in [-0.2, -0.15) is 0 Å². The van der Waals surface area contributed by atoms with Gasteiger partial charge in [0.15, 0.2) is 0 Å². The van der Waals surface area contributed by atoms with Crippen LogP contribution in [0.1, 0.15) is 61.4 Å². The maximum atomic E-state index is 12.6. The lowest BCUT2D eigenvalue weighted by atomic mass is 9.95. The number of methoxy groups -OCH3 is 1. The summed E-state index contributed by atoms with van der Waals surface area (Å²) in [4.78, 5) is 36.5. The van der Waals surface area contributed by atoms with Gasteiger partial charge in [-0.15, -0.1) is 0 Å². The summed E-state index contributed by atoms with van der Waals surface area (Å²) in [5.74, 6) is 1.76. The predicted molar refractivity (Wildman–Crippen MR) is 123 cm³/mol. The molecule has 7 nitrogen and oxygen atoms in total. The van der Waals surface area contributed by atoms with Gasteiger partial charge in [-0.3, -0.25) is 9.59 Å². The van der Waals surface area contributed by atoms with E-state index in [2.05, 4.69) is 5.32 Å². The SMILES string of the molecule is COc1cccc(CNC(=O)Cc2c(C)nc([C@@H]3CCN(C(=O)C(C)(C)C)C3)nc2C)c1. The van der Waals surface area contributed by atoms with Crippen LogP contribution in [0.3, 0.4) is 0 Å². The monoisotopic (exact) mass is 438 g/mol. The lowest BCUT2D eigenvalue weighted by Crippen LogP contribution is -2.37. The Kier molecular flexibility index (Phi) is 7.16. The number of nitrogens with one attached hydrogen (secondary N) is 1. The van der Waals surface area contributed by atoms with E-state index in [0.717, 1.165) is 47.1 Å². The maximum Gasteiger partial charge on any atom is 0.227 e. The van der Waals surface area contributed by atoms with Crippen molar-refractivity contribution >= 4 is 11.8 Å². The van der Waals surface area contributed by atoms with Gasteiger partial charge in [-0.1, -0.05) is 32.9 Å². The molecule has 0 radical (unpaired) electrons. The van der Waals surface area contributed by atoms with Crippen LogP contribution in [0.2, 0.25) is 0 Å². The van der Waals surface area contributed by atoms with E-state index in [4.69, 9.17) is 14.7 Å². The molecule has 3 rings (SSSR count). The summed E-state index contributed by atoms with van der Waals surface area (Å²) in [7, 11) is 1.62. The van der Waals surface area contributed by atoms with Crippen molar-refractivity contribution in [2.24, 2.45) is 5.41 Å². The van der Waals surface area contributed by atoms with Gasteiger partial charge in [0.05, 0.1) is 13.5 Å². The van der Waals surface area contributed by atoms with E-state index in [0.29, 0.717) is 13.1 Å². The van der Waals surface area contributed by atoms with Crippen LogP contribution in [0, 0.1) is 19.3 Å². The van der Waals surface area contributed by atoms with Gasteiger partial charge in [0.1, 0.15) is 11.6 Å². The minimum absolute atomic E-state index is 0.0711. The molecule has 2 aromatic rings. The van der Waals surface area contributed by atoms with Crippen molar-refractivity contribution in [1.82, 2.24) is 20.2 Å². The third kappa shape index (κ3) is 5.64. The minimum Gasteiger partial charge on any atom is -0.497 e. The molecule has 1 aliphatic heterocycles. The largest absolute Gasteiger partial charge is 0.497 e. The molecular formula is C25H34N4O3. The molecule has 0 saturated carbocycles. The molecule has 0 spiro atoms. The van der Waals surface area contributed by atoms with Gasteiger partial charge < -0.3 is 15.0 Å². The Morgan fingerprint density at radius 3 is 2.50 bits per heavy atom. The number of hydrogen-bond donors (Lipinski definition) is 1. The molecule has 0 unspecified atom stereocenters. The molecular weight excluding hydrogens is 404 g/mol. The van der Waals surface area contributed by atoms with Crippen LogP contribution in [0.4, 0.5) is 0 Å². The highest BCUT2D eigenvalue weighted by Crippen LogP contribution is 2.29. The van der Waals surface area contributed by atoms with Crippen LogP contribution >= 0.6 is 0 Å². The number of likely N-dealkylation sites (tertiary alicyclic amines) is 1. The first-order chi connectivity index (χ1) is 15.1. The number of benzene rings is 1. The van der Waals surface area contributed by atoms with E-state index < -0.39 is 0 Å². The standard InChI is InChI=1S/C25H34N4O3/c1-16-21(13-22(30)26-14-18-8-7-9-20(12-18)32-6)17(2)28-23(27-16)19-10-11-29(15-19)24(31)25(3,4)5/h7-9,12,19H,10-11,13-15H2,1-6H3,(H,26,30)/t19-/m1/s1. The number of aryl methyl sites for hydroxylation is 2. The molecule has 1 atom stereocenters. The summed E-state index contributed by atoms with van der Waals surface area (Å²) in [6, 6.07) is 7.64. The van der Waals surface area contributed by atoms with E-state index in [1.807, 2.05) is 63.8 Å². The second-order valence-electron chi connectivity index (χ2n) is 9.52. The van der Waals surface area contributed by atoms with E-state index in [1.165, 1.54) is 0 Å². The zero-order valence-corrected chi connectivity index (χ0v) is 20.0. The van der Waals surface area contributed by atoms with E-state index in [1.54, 1.807) is 7.11 Å². The molecule has 172 valence electrons. The summed E-state index contributed by atoms with van der Waals surface area (Å²) in [6.45, 7) is 11.5. The number of nitrogens with zero attached hydrogens (tertiary/aromatic N) is 3. The van der Waals surface area contributed by atoms with Gasteiger partial charge in [0.25, 0.3) is 0 Å². The van der Waals surface area contributed by atoms with Crippen molar-refractivity contribution in [2.75, 3.05) is 20.2 Å². The number of ether oxygens (including phenoxy) is 1. The smallest absolute Gasteiger partial charge is 0.227 e. The number of amides is 2. The zero-order valence-electron chi connectivity index (χ0n) is 20.0. The second-order valence-corrected chi connectivity index (χ2v) is 9.52. The number of aromatic nitrogens is 2. The van der Waals surface area contributed by atoms with Crippen molar-refractivity contribution < 1.29 is 14.3 Å². The van der Waals surface area contributed by atoms with Gasteiger partial charge >= 0.3 is 0 Å². The molecule has 0 bridgehead atoms. The third-order valence-corrected chi connectivity index (χ3v) is 5.88. The van der Waals surface area contributed by atoms with Crippen molar-refractivity contribution in [3.63, 3.8) is 0 Å². The molecule has 1 aliphatic rings. The van der Waals surface area contributed by atoms with Gasteiger partial charge in [-0.05, 0) is 38.0 Å². The Hall–Kier alpha value is -2.96. The zero-order chi connectivity index (χ0) is 23.5. The first-order valence-corrected chi connectivity index (χ1v) is 11.1. The Morgan fingerprint density at radius 2 is 1.88 bits per heavy atom. The molecule has 7 heteroatoms. The first kappa shape index (κ1) is 23.7. The summed E-state index contributed by atoms with van der Waals surface area (Å²) in [5.41, 5.74) is 3.10. The van der Waals surface area contributed by atoms with Crippen LogP contribution in [0.5, 0.6) is 5.75 Å². The highest BCUT2D eigenvalue weighted by atomic mass is 16.5. The van der Waals surface area contributed by atoms with E-state index >= 15 is 0 Å². The predicted octanol–water partition coefficient (Wildman–Crippen LogP) is 3.32. The van der Waals surface area contributed by atoms with Crippen LogP contribution in [-0.4, -0.2) is 46.9 Å². The highest BCUT2D eigenvalue weighted by molar-refractivity contribution is 5.82. The Morgan fingerprint density at radius 1 is 1.19 bits per heavy atom. The van der Waals surface area contributed by atoms with Crippen molar-refractivity contribution in [3.05, 3.63) is 52.6 Å². The fourth-order valence-electron chi connectivity index (χ4n) is 4.04. The lowest BCUT2D eigenvalue weighted by Gasteiger charge is -2.25. The first-order valence-electron chi connectivity index (χ1n) is 11.1. The molecule has 1 N–H and O–H groups in total. The molecule has 32 heavy (non-hydrogen) atoms. The van der Waals surface area contributed by atoms with E-state index in [9.17, 15) is 9.59 Å². The molecule has 1 fully saturated rings. The average molecular weight is 439 g/mol. The number of carbonyl (C=O) groups excluding carboxylic acids is 2. The van der Waals surface area contributed by atoms with Crippen molar-refractivity contribution in [2.45, 2.75) is 59.9 Å². The average Bonchev–Trinajstić information content (AvgIpc) is 3.23. The Labute approximate surface area is 190 Å². The molecule has 2 amide bonds. The second kappa shape index (κ2) is 9.67. The summed E-state index contributed by atoms with van der Waals surface area (Å²) < 4.78 is 5.23. The maximum absolute atomic E-state index is 12.6. The molecule has 1 saturated heterocycles. The number of carbonyl (C=O) groups is 2. The quantitative estimate of drug-likeness (QED) is 0.748. The Bertz CT molecular complexity index is 974. The van der Waals surface area contributed by atoms with Crippen molar-refractivity contribution in [3.8, 4) is 5.75 Å². The Balaban J connectivity index is 1.63. The summed E-state index contributed by atoms with van der Waals surface area (Å²) in [5, 5.41) is 2.96. The number of hydrogen-bond acceptors (Lipinski definition) is 5. The topological polar surface area (TPSA) is 84.4 Å². The van der Waals surface area contributed by atoms with Gasteiger partial charge in [0.2, 0.25) is 11.8 Å².